The molecular formula is C9H19N3O. The van der Waals surface area contributed by atoms with Crippen LogP contribution in [0.3, 0.4) is 0 Å². The van der Waals surface area contributed by atoms with Crippen molar-refractivity contribution in [3.8, 4) is 0 Å². The van der Waals surface area contributed by atoms with Gasteiger partial charge in [-0.15, -0.1) is 0 Å². The third-order valence-electron chi connectivity index (χ3n) is 2.68. The van der Waals surface area contributed by atoms with E-state index in [0.29, 0.717) is 6.54 Å². The fourth-order valence-electron chi connectivity index (χ4n) is 1.45. The smallest absolute Gasteiger partial charge is 0.235 e. The third-order valence-corrected chi connectivity index (χ3v) is 2.68. The highest BCUT2D eigenvalue weighted by molar-refractivity contribution is 5.79. The molecule has 0 aromatic carbocycles. The van der Waals surface area contributed by atoms with Gasteiger partial charge in [0.25, 0.3) is 0 Å². The van der Waals surface area contributed by atoms with Gasteiger partial charge >= 0.3 is 0 Å². The van der Waals surface area contributed by atoms with Crippen LogP contribution in [0.1, 0.15) is 25.7 Å². The number of nitrogens with two attached hydrogens (primary N) is 2. The summed E-state index contributed by atoms with van der Waals surface area (Å²) in [6.45, 7) is 1.45. The highest BCUT2D eigenvalue weighted by Crippen LogP contribution is 2.28. The minimum Gasteiger partial charge on any atom is -0.368 e. The lowest BCUT2D eigenvalue weighted by Crippen LogP contribution is -2.44. The molecule has 1 saturated carbocycles. The quantitative estimate of drug-likeness (QED) is 0.491. The van der Waals surface area contributed by atoms with Gasteiger partial charge in [0.05, 0.1) is 6.04 Å². The Morgan fingerprint density at radius 3 is 2.69 bits per heavy atom. The first kappa shape index (κ1) is 10.5. The van der Waals surface area contributed by atoms with E-state index >= 15 is 0 Å². The summed E-state index contributed by atoms with van der Waals surface area (Å²) in [5, 5.41) is 3.14. The molecule has 1 aliphatic rings. The van der Waals surface area contributed by atoms with Crippen molar-refractivity contribution in [2.45, 2.75) is 31.7 Å². The Kier molecular flexibility index (Phi) is 4.18. The molecule has 13 heavy (non-hydrogen) atoms. The number of amides is 1. The van der Waals surface area contributed by atoms with Crippen LogP contribution in [0.2, 0.25) is 0 Å². The van der Waals surface area contributed by atoms with Gasteiger partial charge in [0.2, 0.25) is 5.91 Å². The van der Waals surface area contributed by atoms with E-state index in [0.717, 1.165) is 12.5 Å². The molecule has 76 valence electrons. The molecule has 4 nitrogen and oxygen atoms in total. The van der Waals surface area contributed by atoms with Gasteiger partial charge in [0.15, 0.2) is 0 Å². The van der Waals surface area contributed by atoms with Crippen molar-refractivity contribution in [3.05, 3.63) is 0 Å². The molecule has 1 unspecified atom stereocenters. The van der Waals surface area contributed by atoms with Crippen LogP contribution in [0.5, 0.6) is 0 Å². The topological polar surface area (TPSA) is 81.1 Å². The summed E-state index contributed by atoms with van der Waals surface area (Å²) in [5.41, 5.74) is 10.5. The summed E-state index contributed by atoms with van der Waals surface area (Å²) in [6.07, 6.45) is 5.31. The van der Waals surface area contributed by atoms with E-state index in [9.17, 15) is 4.79 Å². The van der Waals surface area contributed by atoms with Gasteiger partial charge in [0.1, 0.15) is 0 Å². The Balaban J connectivity index is 1.90. The van der Waals surface area contributed by atoms with E-state index in [-0.39, 0.29) is 0 Å². The van der Waals surface area contributed by atoms with Crippen molar-refractivity contribution >= 4 is 5.91 Å². The average Bonchev–Trinajstić information content (AvgIpc) is 2.00. The maximum atomic E-state index is 10.6. The van der Waals surface area contributed by atoms with E-state index in [1.165, 1.54) is 25.7 Å². The molecule has 0 aromatic heterocycles. The molecule has 0 aromatic rings. The summed E-state index contributed by atoms with van der Waals surface area (Å²) in [5.74, 6) is 0.466. The Labute approximate surface area is 79.0 Å². The summed E-state index contributed by atoms with van der Waals surface area (Å²) in [6, 6.07) is -0.540. The van der Waals surface area contributed by atoms with Crippen molar-refractivity contribution in [3.63, 3.8) is 0 Å². The van der Waals surface area contributed by atoms with Gasteiger partial charge in [-0.1, -0.05) is 19.3 Å². The summed E-state index contributed by atoms with van der Waals surface area (Å²) >= 11 is 0. The second kappa shape index (κ2) is 5.19. The summed E-state index contributed by atoms with van der Waals surface area (Å²) in [4.78, 5) is 10.6. The van der Waals surface area contributed by atoms with Crippen LogP contribution in [0.4, 0.5) is 0 Å². The average molecular weight is 185 g/mol. The molecule has 1 fully saturated rings. The molecule has 0 spiro atoms. The van der Waals surface area contributed by atoms with Gasteiger partial charge in [-0.2, -0.15) is 0 Å². The largest absolute Gasteiger partial charge is 0.368 e. The third kappa shape index (κ3) is 3.74. The van der Waals surface area contributed by atoms with Crippen molar-refractivity contribution in [2.24, 2.45) is 17.4 Å². The lowest BCUT2D eigenvalue weighted by Gasteiger charge is -2.25. The Bertz CT molecular complexity index is 168. The van der Waals surface area contributed by atoms with Crippen LogP contribution in [0, 0.1) is 5.92 Å². The summed E-state index contributed by atoms with van der Waals surface area (Å²) < 4.78 is 0. The number of carbonyl (C=O) groups excluding carboxylic acids is 1. The summed E-state index contributed by atoms with van der Waals surface area (Å²) in [7, 11) is 0. The Morgan fingerprint density at radius 2 is 2.23 bits per heavy atom. The van der Waals surface area contributed by atoms with E-state index in [2.05, 4.69) is 5.32 Å². The van der Waals surface area contributed by atoms with Gasteiger partial charge < -0.3 is 16.8 Å². The van der Waals surface area contributed by atoms with Crippen LogP contribution in [-0.2, 0) is 4.79 Å². The first-order chi connectivity index (χ1) is 6.20. The van der Waals surface area contributed by atoms with E-state index in [4.69, 9.17) is 11.5 Å². The lowest BCUT2D eigenvalue weighted by atomic mass is 9.83. The van der Waals surface area contributed by atoms with E-state index < -0.39 is 11.9 Å². The fourth-order valence-corrected chi connectivity index (χ4v) is 1.45. The molecule has 1 rings (SSSR count). The number of primary amides is 1. The van der Waals surface area contributed by atoms with Crippen molar-refractivity contribution in [1.29, 1.82) is 0 Å². The highest BCUT2D eigenvalue weighted by Gasteiger charge is 2.16. The molecule has 1 amide bonds. The Morgan fingerprint density at radius 1 is 1.54 bits per heavy atom. The van der Waals surface area contributed by atoms with Gasteiger partial charge in [-0.05, 0) is 18.9 Å². The van der Waals surface area contributed by atoms with Crippen LogP contribution < -0.4 is 16.8 Å². The zero-order valence-corrected chi connectivity index (χ0v) is 7.96. The van der Waals surface area contributed by atoms with Gasteiger partial charge in [-0.3, -0.25) is 4.79 Å². The Hall–Kier alpha value is -0.610. The lowest BCUT2D eigenvalue weighted by molar-refractivity contribution is -0.119. The van der Waals surface area contributed by atoms with E-state index in [1.54, 1.807) is 0 Å². The van der Waals surface area contributed by atoms with Crippen molar-refractivity contribution < 1.29 is 4.79 Å². The minimum atomic E-state index is -0.540. The van der Waals surface area contributed by atoms with E-state index in [1.807, 2.05) is 0 Å². The van der Waals surface area contributed by atoms with Crippen LogP contribution in [0.15, 0.2) is 0 Å². The number of carbonyl (C=O) groups is 1. The second-order valence-corrected chi connectivity index (χ2v) is 3.80. The molecule has 4 heteroatoms. The predicted molar refractivity (Wildman–Crippen MR) is 52.0 cm³/mol. The molecular weight excluding hydrogens is 166 g/mol. The highest BCUT2D eigenvalue weighted by atomic mass is 16.1. The molecule has 0 saturated heterocycles. The first-order valence-electron chi connectivity index (χ1n) is 4.95. The fraction of sp³-hybridized carbons (Fsp3) is 0.889. The first-order valence-corrected chi connectivity index (χ1v) is 4.95. The molecule has 0 heterocycles. The predicted octanol–water partition coefficient (Wildman–Crippen LogP) is -0.421. The SMILES string of the molecule is NC(=O)C(N)CNCCC1CCC1. The van der Waals surface area contributed by atoms with Crippen LogP contribution in [0.25, 0.3) is 0 Å². The maximum Gasteiger partial charge on any atom is 0.235 e. The molecule has 5 N–H and O–H groups in total. The zero-order chi connectivity index (χ0) is 9.68. The normalized spacial score (nSPS) is 19.5. The van der Waals surface area contributed by atoms with Crippen LogP contribution >= 0.6 is 0 Å². The van der Waals surface area contributed by atoms with Gasteiger partial charge in [0, 0.05) is 6.54 Å². The molecule has 0 bridgehead atoms. The standard InChI is InChI=1S/C9H19N3O/c10-8(9(11)13)6-12-5-4-7-2-1-3-7/h7-8,12H,1-6,10H2,(H2,11,13). The van der Waals surface area contributed by atoms with Crippen molar-refractivity contribution in [2.75, 3.05) is 13.1 Å². The molecule has 1 aliphatic carbocycles. The monoisotopic (exact) mass is 185 g/mol. The number of hydrogen-bond donors (Lipinski definition) is 3. The minimum absolute atomic E-state index is 0.434. The number of rotatable bonds is 6. The second-order valence-electron chi connectivity index (χ2n) is 3.80. The maximum absolute atomic E-state index is 10.6. The van der Waals surface area contributed by atoms with Crippen molar-refractivity contribution in [1.82, 2.24) is 5.32 Å². The molecule has 1 atom stereocenters. The number of nitrogens with one attached hydrogen (secondary N) is 1. The van der Waals surface area contributed by atoms with Gasteiger partial charge in [-0.25, -0.2) is 0 Å². The molecule has 0 aliphatic heterocycles. The number of hydrogen-bond acceptors (Lipinski definition) is 3. The van der Waals surface area contributed by atoms with Crippen LogP contribution in [-0.4, -0.2) is 25.0 Å². The molecule has 0 radical (unpaired) electrons. The zero-order valence-electron chi connectivity index (χ0n) is 7.96.